The normalized spacial score (nSPS) is 25.5. The lowest BCUT2D eigenvalue weighted by molar-refractivity contribution is -0.137. The van der Waals surface area contributed by atoms with Crippen LogP contribution in [0.2, 0.25) is 0 Å². The average Bonchev–Trinajstić information content (AvgIpc) is 2.33. The van der Waals surface area contributed by atoms with Gasteiger partial charge in [-0.25, -0.2) is 0 Å². The Labute approximate surface area is 119 Å². The van der Waals surface area contributed by atoms with Crippen molar-refractivity contribution >= 4 is 15.9 Å². The van der Waals surface area contributed by atoms with E-state index in [0.717, 1.165) is 31.1 Å². The molecule has 0 N–H and O–H groups in total. The Morgan fingerprint density at radius 3 is 2.74 bits per heavy atom. The zero-order valence-electron chi connectivity index (χ0n) is 10.8. The summed E-state index contributed by atoms with van der Waals surface area (Å²) in [6.07, 6.45) is -3.18. The van der Waals surface area contributed by atoms with Crippen LogP contribution in [0.15, 0.2) is 24.3 Å². The molecular formula is C14H17BrF3N. The molecule has 0 spiro atoms. The van der Waals surface area contributed by atoms with Gasteiger partial charge in [-0.3, -0.25) is 4.90 Å². The maximum absolute atomic E-state index is 12.6. The maximum Gasteiger partial charge on any atom is 0.416 e. The molecule has 0 radical (unpaired) electrons. The number of piperidine rings is 1. The van der Waals surface area contributed by atoms with E-state index in [1.165, 1.54) is 12.1 Å². The minimum Gasteiger partial charge on any atom is -0.298 e. The highest BCUT2D eigenvalue weighted by molar-refractivity contribution is 9.09. The molecule has 1 aliphatic rings. The molecule has 106 valence electrons. The maximum atomic E-state index is 12.6. The number of hydrogen-bond acceptors (Lipinski definition) is 1. The van der Waals surface area contributed by atoms with Gasteiger partial charge in [0.25, 0.3) is 0 Å². The van der Waals surface area contributed by atoms with Crippen molar-refractivity contribution in [3.8, 4) is 0 Å². The molecule has 1 nitrogen and oxygen atoms in total. The molecule has 0 aromatic heterocycles. The van der Waals surface area contributed by atoms with Crippen molar-refractivity contribution in [2.75, 3.05) is 13.1 Å². The van der Waals surface area contributed by atoms with Crippen LogP contribution in [0.25, 0.3) is 0 Å². The molecule has 0 amide bonds. The van der Waals surface area contributed by atoms with Gasteiger partial charge in [0.05, 0.1) is 5.56 Å². The summed E-state index contributed by atoms with van der Waals surface area (Å²) in [6, 6.07) is 5.61. The topological polar surface area (TPSA) is 3.24 Å². The van der Waals surface area contributed by atoms with Crippen molar-refractivity contribution in [2.45, 2.75) is 30.9 Å². The van der Waals surface area contributed by atoms with Crippen LogP contribution in [0, 0.1) is 5.92 Å². The molecule has 2 rings (SSSR count). The predicted molar refractivity (Wildman–Crippen MR) is 73.2 cm³/mol. The van der Waals surface area contributed by atoms with Gasteiger partial charge in [-0.2, -0.15) is 13.2 Å². The number of likely N-dealkylation sites (tertiary alicyclic amines) is 1. The molecule has 1 aliphatic heterocycles. The Balaban J connectivity index is 2.04. The molecule has 1 fully saturated rings. The Morgan fingerprint density at radius 1 is 1.37 bits per heavy atom. The summed E-state index contributed by atoms with van der Waals surface area (Å²) in [5.41, 5.74) is 0.162. The zero-order valence-corrected chi connectivity index (χ0v) is 12.3. The van der Waals surface area contributed by atoms with E-state index in [9.17, 15) is 13.2 Å². The van der Waals surface area contributed by atoms with E-state index in [-0.39, 0.29) is 0 Å². The first-order chi connectivity index (χ1) is 8.86. The van der Waals surface area contributed by atoms with Crippen LogP contribution >= 0.6 is 15.9 Å². The Morgan fingerprint density at radius 2 is 2.11 bits per heavy atom. The second-order valence-corrected chi connectivity index (χ2v) is 6.39. The van der Waals surface area contributed by atoms with E-state index in [4.69, 9.17) is 0 Å². The van der Waals surface area contributed by atoms with Crippen molar-refractivity contribution in [3.05, 3.63) is 35.4 Å². The first-order valence-corrected chi connectivity index (χ1v) is 7.30. The molecule has 1 aromatic carbocycles. The van der Waals surface area contributed by atoms with Gasteiger partial charge in [0.15, 0.2) is 0 Å². The zero-order chi connectivity index (χ0) is 14.0. The monoisotopic (exact) mass is 335 g/mol. The summed E-state index contributed by atoms with van der Waals surface area (Å²) in [6.45, 7) is 4.61. The largest absolute Gasteiger partial charge is 0.416 e. The van der Waals surface area contributed by atoms with Crippen molar-refractivity contribution in [3.63, 3.8) is 0 Å². The van der Waals surface area contributed by atoms with Crippen LogP contribution in [0.1, 0.15) is 24.5 Å². The van der Waals surface area contributed by atoms with E-state index in [1.807, 2.05) is 0 Å². The predicted octanol–water partition coefficient (Wildman–Crippen LogP) is 4.31. The van der Waals surface area contributed by atoms with E-state index in [1.54, 1.807) is 6.07 Å². The number of halogens is 4. The Bertz CT molecular complexity index is 433. The Kier molecular flexibility index (Phi) is 4.56. The molecule has 19 heavy (non-hydrogen) atoms. The number of rotatable bonds is 2. The van der Waals surface area contributed by atoms with Gasteiger partial charge < -0.3 is 0 Å². The van der Waals surface area contributed by atoms with Crippen LogP contribution < -0.4 is 0 Å². The summed E-state index contributed by atoms with van der Waals surface area (Å²) < 4.78 is 37.9. The first kappa shape index (κ1) is 14.9. The van der Waals surface area contributed by atoms with Crippen LogP contribution in [-0.2, 0) is 12.7 Å². The van der Waals surface area contributed by atoms with Gasteiger partial charge in [-0.05, 0) is 30.5 Å². The summed E-state index contributed by atoms with van der Waals surface area (Å²) in [5.74, 6) is 0.623. The second kappa shape index (κ2) is 5.83. The highest BCUT2D eigenvalue weighted by atomic mass is 79.9. The fraction of sp³-hybridized carbons (Fsp3) is 0.571. The summed E-state index contributed by atoms with van der Waals surface area (Å²) >= 11 is 3.63. The van der Waals surface area contributed by atoms with E-state index < -0.39 is 11.7 Å². The number of alkyl halides is 4. The lowest BCUT2D eigenvalue weighted by Crippen LogP contribution is -2.39. The molecule has 2 unspecified atom stereocenters. The van der Waals surface area contributed by atoms with E-state index in [2.05, 4.69) is 27.8 Å². The van der Waals surface area contributed by atoms with Gasteiger partial charge >= 0.3 is 6.18 Å². The Hall–Kier alpha value is -0.550. The van der Waals surface area contributed by atoms with E-state index in [0.29, 0.717) is 17.3 Å². The lowest BCUT2D eigenvalue weighted by Gasteiger charge is -2.34. The number of nitrogens with zero attached hydrogens (tertiary/aromatic N) is 1. The summed E-state index contributed by atoms with van der Waals surface area (Å²) in [4.78, 5) is 2.63. The summed E-state index contributed by atoms with van der Waals surface area (Å²) in [5, 5.41) is 0. The van der Waals surface area contributed by atoms with Crippen LogP contribution in [0.3, 0.4) is 0 Å². The molecule has 1 heterocycles. The summed E-state index contributed by atoms with van der Waals surface area (Å²) in [7, 11) is 0. The molecule has 0 saturated carbocycles. The van der Waals surface area contributed by atoms with Gasteiger partial charge in [0.1, 0.15) is 0 Å². The van der Waals surface area contributed by atoms with Gasteiger partial charge in [-0.1, -0.05) is 41.1 Å². The minimum atomic E-state index is -4.26. The standard InChI is InChI=1S/C14H17BrF3N/c1-10-5-6-19(9-13(10)15)8-11-3-2-4-12(7-11)14(16,17)18/h2-4,7,10,13H,5-6,8-9H2,1H3. The van der Waals surface area contributed by atoms with Crippen molar-refractivity contribution in [2.24, 2.45) is 5.92 Å². The minimum absolute atomic E-state index is 0.423. The first-order valence-electron chi connectivity index (χ1n) is 6.39. The highest BCUT2D eigenvalue weighted by Gasteiger charge is 2.30. The average molecular weight is 336 g/mol. The molecule has 5 heteroatoms. The fourth-order valence-corrected chi connectivity index (χ4v) is 3.01. The molecule has 1 saturated heterocycles. The molecule has 2 atom stereocenters. The number of hydrogen-bond donors (Lipinski definition) is 0. The molecule has 1 aromatic rings. The van der Waals surface area contributed by atoms with Crippen molar-refractivity contribution in [1.82, 2.24) is 4.90 Å². The smallest absolute Gasteiger partial charge is 0.298 e. The SMILES string of the molecule is CC1CCN(Cc2cccc(C(F)(F)F)c2)CC1Br. The second-order valence-electron chi connectivity index (χ2n) is 5.22. The highest BCUT2D eigenvalue weighted by Crippen LogP contribution is 2.30. The van der Waals surface area contributed by atoms with Crippen LogP contribution in [0.5, 0.6) is 0 Å². The molecule has 0 bridgehead atoms. The molecular weight excluding hydrogens is 319 g/mol. The lowest BCUT2D eigenvalue weighted by atomic mass is 9.98. The molecule has 0 aliphatic carbocycles. The van der Waals surface area contributed by atoms with Crippen LogP contribution in [0.4, 0.5) is 13.2 Å². The number of benzene rings is 1. The van der Waals surface area contributed by atoms with E-state index >= 15 is 0 Å². The van der Waals surface area contributed by atoms with Gasteiger partial charge in [0, 0.05) is 17.9 Å². The third-order valence-electron chi connectivity index (χ3n) is 3.61. The fourth-order valence-electron chi connectivity index (χ4n) is 2.33. The van der Waals surface area contributed by atoms with Crippen molar-refractivity contribution < 1.29 is 13.2 Å². The third-order valence-corrected chi connectivity index (χ3v) is 4.80. The van der Waals surface area contributed by atoms with Gasteiger partial charge in [0.2, 0.25) is 0 Å². The van der Waals surface area contributed by atoms with Crippen LogP contribution in [-0.4, -0.2) is 22.8 Å². The quantitative estimate of drug-likeness (QED) is 0.728. The third kappa shape index (κ3) is 3.96. The van der Waals surface area contributed by atoms with Gasteiger partial charge in [-0.15, -0.1) is 0 Å². The van der Waals surface area contributed by atoms with Crippen molar-refractivity contribution in [1.29, 1.82) is 0 Å².